The van der Waals surface area contributed by atoms with E-state index in [4.69, 9.17) is 9.47 Å². The van der Waals surface area contributed by atoms with Crippen LogP contribution in [0, 0.1) is 10.8 Å². The normalized spacial score (nSPS) is 28.1. The molecule has 6 heteroatoms. The van der Waals surface area contributed by atoms with Crippen LogP contribution in [0.4, 0.5) is 0 Å². The lowest BCUT2D eigenvalue weighted by Gasteiger charge is -2.41. The maximum atomic E-state index is 12.3. The Labute approximate surface area is 140 Å². The van der Waals surface area contributed by atoms with Crippen molar-refractivity contribution in [2.75, 3.05) is 53.0 Å². The molecule has 0 amide bonds. The number of hydrogen-bond donors (Lipinski definition) is 1. The smallest absolute Gasteiger partial charge is 0.314 e. The maximum Gasteiger partial charge on any atom is 0.314 e. The van der Waals surface area contributed by atoms with Gasteiger partial charge in [-0.1, -0.05) is 6.92 Å². The number of hydrogen-bond acceptors (Lipinski definition) is 5. The average molecular weight is 335 g/mol. The molecule has 0 aliphatic carbocycles. The Balaban J connectivity index is 0.00000242. The summed E-state index contributed by atoms with van der Waals surface area (Å²) >= 11 is 0. The zero-order valence-electron chi connectivity index (χ0n) is 14.2. The van der Waals surface area contributed by atoms with Gasteiger partial charge in [-0.25, -0.2) is 0 Å². The van der Waals surface area contributed by atoms with E-state index < -0.39 is 5.41 Å². The van der Waals surface area contributed by atoms with Crippen molar-refractivity contribution in [1.82, 2.24) is 10.2 Å². The molecule has 0 aromatic carbocycles. The Morgan fingerprint density at radius 3 is 2.45 bits per heavy atom. The van der Waals surface area contributed by atoms with E-state index in [1.807, 2.05) is 6.92 Å². The van der Waals surface area contributed by atoms with E-state index in [9.17, 15) is 4.79 Å². The van der Waals surface area contributed by atoms with Gasteiger partial charge in [-0.3, -0.25) is 4.79 Å². The van der Waals surface area contributed by atoms with Gasteiger partial charge in [-0.2, -0.15) is 0 Å². The fraction of sp³-hybridized carbons (Fsp3) is 0.938. The van der Waals surface area contributed by atoms with E-state index in [1.165, 1.54) is 6.42 Å². The lowest BCUT2D eigenvalue weighted by molar-refractivity contribution is -0.163. The Bertz CT molecular complexity index is 351. The van der Waals surface area contributed by atoms with Gasteiger partial charge in [0, 0.05) is 20.2 Å². The largest absolute Gasteiger partial charge is 0.465 e. The molecule has 130 valence electrons. The van der Waals surface area contributed by atoms with Crippen LogP contribution in [0.15, 0.2) is 0 Å². The van der Waals surface area contributed by atoms with Crippen molar-refractivity contribution in [2.24, 2.45) is 10.8 Å². The third kappa shape index (κ3) is 4.57. The molecule has 2 rings (SSSR count). The standard InChI is InChI=1S/C16H30N2O3.ClH/c1-4-21-14(19)16(13-20-3)6-9-18(10-7-16)12-15(2)5-8-17-11-15;/h17H,4-13H2,1-3H3;1H. The number of methoxy groups -OCH3 is 1. The monoisotopic (exact) mass is 334 g/mol. The fourth-order valence-electron chi connectivity index (χ4n) is 3.65. The van der Waals surface area contributed by atoms with E-state index in [0.717, 1.165) is 45.6 Å². The fourth-order valence-corrected chi connectivity index (χ4v) is 3.65. The molecule has 2 aliphatic heterocycles. The van der Waals surface area contributed by atoms with Crippen molar-refractivity contribution in [2.45, 2.75) is 33.1 Å². The van der Waals surface area contributed by atoms with Crippen molar-refractivity contribution < 1.29 is 14.3 Å². The number of halogens is 1. The van der Waals surface area contributed by atoms with E-state index in [2.05, 4.69) is 17.1 Å². The summed E-state index contributed by atoms with van der Waals surface area (Å²) in [7, 11) is 1.67. The molecule has 2 aliphatic rings. The predicted molar refractivity (Wildman–Crippen MR) is 89.5 cm³/mol. The number of carbonyl (C=O) groups is 1. The number of rotatable bonds is 6. The molecule has 0 aromatic heterocycles. The van der Waals surface area contributed by atoms with Crippen LogP contribution in [0.2, 0.25) is 0 Å². The summed E-state index contributed by atoms with van der Waals surface area (Å²) in [4.78, 5) is 14.8. The number of ether oxygens (including phenoxy) is 2. The molecular weight excluding hydrogens is 304 g/mol. The Morgan fingerprint density at radius 1 is 1.27 bits per heavy atom. The third-order valence-electron chi connectivity index (χ3n) is 5.00. The van der Waals surface area contributed by atoms with Gasteiger partial charge < -0.3 is 19.7 Å². The highest BCUT2D eigenvalue weighted by Crippen LogP contribution is 2.35. The van der Waals surface area contributed by atoms with Crippen LogP contribution in [0.25, 0.3) is 0 Å². The molecule has 1 unspecified atom stereocenters. The van der Waals surface area contributed by atoms with E-state index in [-0.39, 0.29) is 18.4 Å². The lowest BCUT2D eigenvalue weighted by Crippen LogP contribution is -2.50. The molecule has 2 heterocycles. The number of piperidine rings is 1. The molecule has 5 nitrogen and oxygen atoms in total. The van der Waals surface area contributed by atoms with Crippen LogP contribution in [0.3, 0.4) is 0 Å². The van der Waals surface area contributed by atoms with E-state index >= 15 is 0 Å². The van der Waals surface area contributed by atoms with Gasteiger partial charge in [-0.05, 0) is 51.2 Å². The molecular formula is C16H31ClN2O3. The number of esters is 1. The molecule has 0 bridgehead atoms. The summed E-state index contributed by atoms with van der Waals surface area (Å²) in [6.45, 7) is 10.4. The summed E-state index contributed by atoms with van der Waals surface area (Å²) in [5, 5.41) is 3.45. The zero-order chi connectivity index (χ0) is 15.3. The molecule has 2 saturated heterocycles. The number of nitrogens with zero attached hydrogens (tertiary/aromatic N) is 1. The molecule has 22 heavy (non-hydrogen) atoms. The maximum absolute atomic E-state index is 12.3. The number of likely N-dealkylation sites (tertiary alicyclic amines) is 1. The van der Waals surface area contributed by atoms with Gasteiger partial charge in [-0.15, -0.1) is 12.4 Å². The first-order valence-corrected chi connectivity index (χ1v) is 8.13. The summed E-state index contributed by atoms with van der Waals surface area (Å²) in [5.74, 6) is -0.0831. The summed E-state index contributed by atoms with van der Waals surface area (Å²) in [5.41, 5.74) is -0.0543. The second-order valence-electron chi connectivity index (χ2n) is 6.95. The summed E-state index contributed by atoms with van der Waals surface area (Å²) in [6.07, 6.45) is 2.91. The van der Waals surface area contributed by atoms with Crippen LogP contribution >= 0.6 is 12.4 Å². The second-order valence-corrected chi connectivity index (χ2v) is 6.95. The first-order chi connectivity index (χ1) is 10.0. The molecule has 0 spiro atoms. The first kappa shape index (κ1) is 19.7. The Morgan fingerprint density at radius 2 is 1.95 bits per heavy atom. The highest BCUT2D eigenvalue weighted by Gasteiger charge is 2.44. The van der Waals surface area contributed by atoms with Gasteiger partial charge in [0.1, 0.15) is 0 Å². The van der Waals surface area contributed by atoms with Gasteiger partial charge in [0.15, 0.2) is 0 Å². The average Bonchev–Trinajstić information content (AvgIpc) is 2.88. The van der Waals surface area contributed by atoms with E-state index in [1.54, 1.807) is 7.11 Å². The van der Waals surface area contributed by atoms with Crippen molar-refractivity contribution in [3.8, 4) is 0 Å². The van der Waals surface area contributed by atoms with Crippen LogP contribution in [-0.4, -0.2) is 63.9 Å². The zero-order valence-corrected chi connectivity index (χ0v) is 15.0. The lowest BCUT2D eigenvalue weighted by atomic mass is 9.78. The number of carbonyl (C=O) groups excluding carboxylic acids is 1. The molecule has 1 N–H and O–H groups in total. The van der Waals surface area contributed by atoms with E-state index in [0.29, 0.717) is 18.6 Å². The van der Waals surface area contributed by atoms with Gasteiger partial charge in [0.05, 0.1) is 18.6 Å². The molecule has 2 fully saturated rings. The molecule has 0 saturated carbocycles. The second kappa shape index (κ2) is 8.48. The van der Waals surface area contributed by atoms with Gasteiger partial charge in [0.25, 0.3) is 0 Å². The minimum atomic E-state index is -0.434. The quantitative estimate of drug-likeness (QED) is 0.749. The van der Waals surface area contributed by atoms with Crippen molar-refractivity contribution in [1.29, 1.82) is 0 Å². The van der Waals surface area contributed by atoms with Gasteiger partial charge in [0.2, 0.25) is 0 Å². The summed E-state index contributed by atoms with van der Waals surface area (Å²) < 4.78 is 10.6. The van der Waals surface area contributed by atoms with Crippen molar-refractivity contribution in [3.05, 3.63) is 0 Å². The van der Waals surface area contributed by atoms with Crippen LogP contribution < -0.4 is 5.32 Å². The van der Waals surface area contributed by atoms with Crippen LogP contribution in [0.5, 0.6) is 0 Å². The first-order valence-electron chi connectivity index (χ1n) is 8.13. The topological polar surface area (TPSA) is 50.8 Å². The molecule has 1 atom stereocenters. The SMILES string of the molecule is CCOC(=O)C1(COC)CCN(CC2(C)CCNC2)CC1.Cl. The predicted octanol–water partition coefficient (Wildman–Crippen LogP) is 1.70. The van der Waals surface area contributed by atoms with Crippen molar-refractivity contribution in [3.63, 3.8) is 0 Å². The highest BCUT2D eigenvalue weighted by atomic mass is 35.5. The minimum absolute atomic E-state index is 0. The number of nitrogens with one attached hydrogen (secondary N) is 1. The third-order valence-corrected chi connectivity index (χ3v) is 5.00. The Kier molecular flexibility index (Phi) is 7.59. The minimum Gasteiger partial charge on any atom is -0.465 e. The molecule has 0 aromatic rings. The van der Waals surface area contributed by atoms with Crippen molar-refractivity contribution >= 4 is 18.4 Å². The highest BCUT2D eigenvalue weighted by molar-refractivity contribution is 5.85. The molecule has 0 radical (unpaired) electrons. The summed E-state index contributed by atoms with van der Waals surface area (Å²) in [6, 6.07) is 0. The van der Waals surface area contributed by atoms with Crippen LogP contribution in [0.1, 0.15) is 33.1 Å². The van der Waals surface area contributed by atoms with Gasteiger partial charge >= 0.3 is 5.97 Å². The van der Waals surface area contributed by atoms with Crippen LogP contribution in [-0.2, 0) is 14.3 Å². The Hall–Kier alpha value is -0.360.